The molecule has 0 aliphatic carbocycles. The fourth-order valence-corrected chi connectivity index (χ4v) is 3.63. The van der Waals surface area contributed by atoms with Crippen molar-refractivity contribution in [1.82, 2.24) is 24.8 Å². The number of nitrogens with zero attached hydrogens (tertiary/aromatic N) is 6. The second kappa shape index (κ2) is 8.26. The Balaban J connectivity index is 1.29. The zero-order valence-corrected chi connectivity index (χ0v) is 15.4. The molecule has 2 aliphatic rings. The number of pyridine rings is 1. The van der Waals surface area contributed by atoms with Crippen LogP contribution in [0, 0.1) is 0 Å². The molecule has 7 nitrogen and oxygen atoms in total. The molecule has 0 atom stereocenters. The molecule has 2 aromatic heterocycles. The molecule has 0 saturated carbocycles. The molecule has 2 aliphatic heterocycles. The lowest BCUT2D eigenvalue weighted by Gasteiger charge is -2.36. The Bertz CT molecular complexity index is 787. The molecule has 1 fully saturated rings. The third-order valence-electron chi connectivity index (χ3n) is 5.13. The summed E-state index contributed by atoms with van der Waals surface area (Å²) < 4.78 is 0. The van der Waals surface area contributed by atoms with Crippen molar-refractivity contribution in [1.29, 1.82) is 0 Å². The van der Waals surface area contributed by atoms with Crippen LogP contribution in [0.15, 0.2) is 49.2 Å². The number of amides is 1. The summed E-state index contributed by atoms with van der Waals surface area (Å²) in [7, 11) is 0. The van der Waals surface area contributed by atoms with E-state index in [1.807, 2.05) is 17.2 Å². The van der Waals surface area contributed by atoms with Gasteiger partial charge in [0, 0.05) is 64.1 Å². The van der Waals surface area contributed by atoms with Crippen LogP contribution in [-0.2, 0) is 4.79 Å². The minimum atomic E-state index is 0.209. The number of carbonyl (C=O) groups excluding carboxylic acids is 1. The fraction of sp³-hybridized carbons (Fsp3) is 0.400. The minimum absolute atomic E-state index is 0.209. The standard InChI is InChI=1S/C20H24N6O/c27-20(26-11-9-25(10-12-26)19-14-22-6-7-23-19)16-24-8-2-4-18(15-24)17-3-1-5-21-13-17/h1,3-7,13-14H,2,8-12,15-16H2. The van der Waals surface area contributed by atoms with Crippen molar-refractivity contribution in [2.24, 2.45) is 0 Å². The van der Waals surface area contributed by atoms with Gasteiger partial charge in [-0.2, -0.15) is 0 Å². The molecule has 7 heteroatoms. The van der Waals surface area contributed by atoms with Crippen molar-refractivity contribution in [2.45, 2.75) is 6.42 Å². The summed E-state index contributed by atoms with van der Waals surface area (Å²) in [4.78, 5) is 31.8. The van der Waals surface area contributed by atoms with E-state index in [-0.39, 0.29) is 5.91 Å². The monoisotopic (exact) mass is 364 g/mol. The van der Waals surface area contributed by atoms with Gasteiger partial charge in [0.15, 0.2) is 0 Å². The molecule has 1 saturated heterocycles. The lowest BCUT2D eigenvalue weighted by Crippen LogP contribution is -2.51. The van der Waals surface area contributed by atoms with Crippen molar-refractivity contribution in [3.05, 3.63) is 54.8 Å². The van der Waals surface area contributed by atoms with Gasteiger partial charge in [-0.25, -0.2) is 4.98 Å². The van der Waals surface area contributed by atoms with Crippen LogP contribution in [0.3, 0.4) is 0 Å². The van der Waals surface area contributed by atoms with Gasteiger partial charge >= 0.3 is 0 Å². The van der Waals surface area contributed by atoms with Gasteiger partial charge < -0.3 is 9.80 Å². The second-order valence-corrected chi connectivity index (χ2v) is 6.90. The van der Waals surface area contributed by atoms with Gasteiger partial charge in [-0.1, -0.05) is 12.1 Å². The number of anilines is 1. The minimum Gasteiger partial charge on any atom is -0.352 e. The normalized spacial score (nSPS) is 18.3. The maximum absolute atomic E-state index is 12.8. The number of aromatic nitrogens is 3. The number of hydrogen-bond donors (Lipinski definition) is 0. The molecule has 0 spiro atoms. The van der Waals surface area contributed by atoms with E-state index in [0.29, 0.717) is 6.54 Å². The van der Waals surface area contributed by atoms with Gasteiger partial charge in [-0.3, -0.25) is 19.7 Å². The van der Waals surface area contributed by atoms with Crippen molar-refractivity contribution in [3.63, 3.8) is 0 Å². The SMILES string of the molecule is O=C(CN1CCC=C(c2cccnc2)C1)N1CCN(c2cnccn2)CC1. The van der Waals surface area contributed by atoms with E-state index >= 15 is 0 Å². The number of piperazine rings is 1. The highest BCUT2D eigenvalue weighted by Crippen LogP contribution is 2.20. The van der Waals surface area contributed by atoms with E-state index in [1.54, 1.807) is 24.8 Å². The van der Waals surface area contributed by atoms with Crippen LogP contribution in [-0.4, -0.2) is 76.5 Å². The smallest absolute Gasteiger partial charge is 0.236 e. The molecule has 4 rings (SSSR count). The first-order chi connectivity index (χ1) is 13.3. The highest BCUT2D eigenvalue weighted by Gasteiger charge is 2.24. The highest BCUT2D eigenvalue weighted by molar-refractivity contribution is 5.79. The highest BCUT2D eigenvalue weighted by atomic mass is 16.2. The molecular weight excluding hydrogens is 340 g/mol. The van der Waals surface area contributed by atoms with Gasteiger partial charge in [0.1, 0.15) is 5.82 Å². The van der Waals surface area contributed by atoms with Crippen LogP contribution in [0.1, 0.15) is 12.0 Å². The third-order valence-corrected chi connectivity index (χ3v) is 5.13. The van der Waals surface area contributed by atoms with Crippen molar-refractivity contribution < 1.29 is 4.79 Å². The van der Waals surface area contributed by atoms with E-state index in [9.17, 15) is 4.79 Å². The molecule has 0 aromatic carbocycles. The zero-order chi connectivity index (χ0) is 18.5. The molecule has 27 heavy (non-hydrogen) atoms. The Hall–Kier alpha value is -2.80. The zero-order valence-electron chi connectivity index (χ0n) is 15.4. The summed E-state index contributed by atoms with van der Waals surface area (Å²) >= 11 is 0. The molecule has 2 aromatic rings. The van der Waals surface area contributed by atoms with E-state index in [0.717, 1.165) is 57.1 Å². The van der Waals surface area contributed by atoms with Crippen LogP contribution < -0.4 is 4.90 Å². The molecule has 4 heterocycles. The van der Waals surface area contributed by atoms with Gasteiger partial charge in [0.25, 0.3) is 0 Å². The van der Waals surface area contributed by atoms with Gasteiger partial charge in [-0.05, 0) is 23.6 Å². The Morgan fingerprint density at radius 3 is 2.59 bits per heavy atom. The van der Waals surface area contributed by atoms with Gasteiger partial charge in [-0.15, -0.1) is 0 Å². The van der Waals surface area contributed by atoms with Crippen LogP contribution in [0.25, 0.3) is 5.57 Å². The Kier molecular flexibility index (Phi) is 5.39. The molecular formula is C20H24N6O. The molecule has 0 radical (unpaired) electrons. The number of rotatable bonds is 4. The average Bonchev–Trinajstić information content (AvgIpc) is 2.75. The Morgan fingerprint density at radius 2 is 1.85 bits per heavy atom. The van der Waals surface area contributed by atoms with Crippen LogP contribution in [0.2, 0.25) is 0 Å². The molecule has 0 bridgehead atoms. The summed E-state index contributed by atoms with van der Waals surface area (Å²) in [5.74, 6) is 1.09. The van der Waals surface area contributed by atoms with Crippen molar-refractivity contribution in [3.8, 4) is 0 Å². The second-order valence-electron chi connectivity index (χ2n) is 6.90. The first-order valence-corrected chi connectivity index (χ1v) is 9.40. The third kappa shape index (κ3) is 4.31. The molecule has 1 amide bonds. The first kappa shape index (κ1) is 17.6. The average molecular weight is 364 g/mol. The maximum Gasteiger partial charge on any atom is 0.236 e. The quantitative estimate of drug-likeness (QED) is 0.815. The molecule has 0 unspecified atom stereocenters. The predicted molar refractivity (Wildman–Crippen MR) is 104 cm³/mol. The van der Waals surface area contributed by atoms with E-state index in [4.69, 9.17) is 0 Å². The van der Waals surface area contributed by atoms with Crippen molar-refractivity contribution >= 4 is 17.3 Å². The molecule has 140 valence electrons. The van der Waals surface area contributed by atoms with Crippen LogP contribution in [0.4, 0.5) is 5.82 Å². The lowest BCUT2D eigenvalue weighted by atomic mass is 10.0. The fourth-order valence-electron chi connectivity index (χ4n) is 3.63. The number of hydrogen-bond acceptors (Lipinski definition) is 6. The summed E-state index contributed by atoms with van der Waals surface area (Å²) in [5, 5.41) is 0. The van der Waals surface area contributed by atoms with E-state index in [1.165, 1.54) is 5.57 Å². The van der Waals surface area contributed by atoms with Gasteiger partial charge in [0.05, 0.1) is 12.7 Å². The van der Waals surface area contributed by atoms with Crippen LogP contribution >= 0.6 is 0 Å². The first-order valence-electron chi connectivity index (χ1n) is 9.40. The topological polar surface area (TPSA) is 65.5 Å². The van der Waals surface area contributed by atoms with Gasteiger partial charge in [0.2, 0.25) is 5.91 Å². The lowest BCUT2D eigenvalue weighted by molar-refractivity contribution is -0.132. The van der Waals surface area contributed by atoms with E-state index in [2.05, 4.69) is 36.9 Å². The van der Waals surface area contributed by atoms with Crippen LogP contribution in [0.5, 0.6) is 0 Å². The predicted octanol–water partition coefficient (Wildman–Crippen LogP) is 1.31. The number of carbonyl (C=O) groups is 1. The Labute approximate surface area is 159 Å². The summed E-state index contributed by atoms with van der Waals surface area (Å²) in [6.07, 6.45) is 12.1. The Morgan fingerprint density at radius 1 is 1.00 bits per heavy atom. The largest absolute Gasteiger partial charge is 0.352 e. The molecule has 0 N–H and O–H groups in total. The summed E-state index contributed by atoms with van der Waals surface area (Å²) in [6.45, 7) is 5.26. The summed E-state index contributed by atoms with van der Waals surface area (Å²) in [6, 6.07) is 4.03. The van der Waals surface area contributed by atoms with Crippen molar-refractivity contribution in [2.75, 3.05) is 50.7 Å². The van der Waals surface area contributed by atoms with E-state index < -0.39 is 0 Å². The maximum atomic E-state index is 12.8. The summed E-state index contributed by atoms with van der Waals surface area (Å²) in [5.41, 5.74) is 2.40.